The standard InChI is InChI=1S/C16H24N2O2/c1-12-10-14(19)7-8-15(12)16(20)18-9-5-4-6-13(11-18)17(2)3/h7-8,10,13,19H,4-6,9,11H2,1-3H3. The Kier molecular flexibility index (Phi) is 4.65. The quantitative estimate of drug-likeness (QED) is 0.901. The lowest BCUT2D eigenvalue weighted by Crippen LogP contribution is -2.42. The molecule has 1 aromatic rings. The number of amides is 1. The molecule has 1 aliphatic heterocycles. The van der Waals surface area contributed by atoms with Crippen molar-refractivity contribution in [3.05, 3.63) is 29.3 Å². The molecule has 1 fully saturated rings. The Labute approximate surface area is 121 Å². The van der Waals surface area contributed by atoms with E-state index in [4.69, 9.17) is 0 Å². The van der Waals surface area contributed by atoms with E-state index in [-0.39, 0.29) is 11.7 Å². The molecule has 2 rings (SSSR count). The van der Waals surface area contributed by atoms with Gasteiger partial charge in [0, 0.05) is 24.7 Å². The van der Waals surface area contributed by atoms with Crippen molar-refractivity contribution in [2.75, 3.05) is 27.2 Å². The Morgan fingerprint density at radius 1 is 1.35 bits per heavy atom. The predicted octanol–water partition coefficient (Wildman–Crippen LogP) is 2.26. The van der Waals surface area contributed by atoms with Crippen LogP contribution >= 0.6 is 0 Å². The summed E-state index contributed by atoms with van der Waals surface area (Å²) in [5.41, 5.74) is 1.53. The van der Waals surface area contributed by atoms with E-state index in [1.165, 1.54) is 6.42 Å². The average Bonchev–Trinajstić information content (AvgIpc) is 2.63. The van der Waals surface area contributed by atoms with Crippen molar-refractivity contribution >= 4 is 5.91 Å². The Balaban J connectivity index is 2.18. The number of aryl methyl sites for hydroxylation is 1. The number of hydrogen-bond acceptors (Lipinski definition) is 3. The largest absolute Gasteiger partial charge is 0.508 e. The van der Waals surface area contributed by atoms with Crippen molar-refractivity contribution in [3.63, 3.8) is 0 Å². The van der Waals surface area contributed by atoms with E-state index in [0.717, 1.165) is 31.5 Å². The van der Waals surface area contributed by atoms with Crippen LogP contribution in [0, 0.1) is 6.92 Å². The molecule has 0 saturated carbocycles. The number of likely N-dealkylation sites (N-methyl/N-ethyl adjacent to an activating group) is 1. The van der Waals surface area contributed by atoms with Crippen LogP contribution in [0.5, 0.6) is 5.75 Å². The molecule has 1 unspecified atom stereocenters. The van der Waals surface area contributed by atoms with Crippen LogP contribution in [-0.2, 0) is 0 Å². The molecule has 4 heteroatoms. The molecule has 1 atom stereocenters. The number of carbonyl (C=O) groups excluding carboxylic acids is 1. The first-order valence-electron chi connectivity index (χ1n) is 7.24. The van der Waals surface area contributed by atoms with Gasteiger partial charge in [-0.1, -0.05) is 6.42 Å². The number of hydrogen-bond donors (Lipinski definition) is 1. The number of nitrogens with zero attached hydrogens (tertiary/aromatic N) is 2. The molecule has 0 bridgehead atoms. The summed E-state index contributed by atoms with van der Waals surface area (Å²) in [5.74, 6) is 0.289. The minimum Gasteiger partial charge on any atom is -0.508 e. The molecule has 1 aromatic carbocycles. The zero-order valence-electron chi connectivity index (χ0n) is 12.6. The molecule has 0 radical (unpaired) electrons. The summed E-state index contributed by atoms with van der Waals surface area (Å²) in [4.78, 5) is 16.8. The monoisotopic (exact) mass is 276 g/mol. The van der Waals surface area contributed by atoms with Gasteiger partial charge < -0.3 is 14.9 Å². The van der Waals surface area contributed by atoms with E-state index in [1.807, 2.05) is 11.8 Å². The minimum atomic E-state index is 0.0799. The van der Waals surface area contributed by atoms with Gasteiger partial charge in [0.1, 0.15) is 5.75 Å². The van der Waals surface area contributed by atoms with Crippen LogP contribution in [0.3, 0.4) is 0 Å². The summed E-state index contributed by atoms with van der Waals surface area (Å²) >= 11 is 0. The normalized spacial score (nSPS) is 20.0. The first kappa shape index (κ1) is 14.9. The second-order valence-corrected chi connectivity index (χ2v) is 5.86. The maximum Gasteiger partial charge on any atom is 0.254 e. The van der Waals surface area contributed by atoms with Gasteiger partial charge >= 0.3 is 0 Å². The Hall–Kier alpha value is -1.55. The maximum atomic E-state index is 12.7. The average molecular weight is 276 g/mol. The summed E-state index contributed by atoms with van der Waals surface area (Å²) in [6, 6.07) is 5.39. The lowest BCUT2D eigenvalue weighted by Gasteiger charge is -2.29. The number of phenols is 1. The summed E-state index contributed by atoms with van der Waals surface area (Å²) in [7, 11) is 4.15. The highest BCUT2D eigenvalue weighted by molar-refractivity contribution is 5.95. The van der Waals surface area contributed by atoms with E-state index >= 15 is 0 Å². The molecule has 1 heterocycles. The van der Waals surface area contributed by atoms with E-state index < -0.39 is 0 Å². The fraction of sp³-hybridized carbons (Fsp3) is 0.562. The van der Waals surface area contributed by atoms with Gasteiger partial charge in [-0.3, -0.25) is 4.79 Å². The first-order chi connectivity index (χ1) is 9.49. The van der Waals surface area contributed by atoms with Crippen molar-refractivity contribution in [1.82, 2.24) is 9.80 Å². The van der Waals surface area contributed by atoms with E-state index in [1.54, 1.807) is 18.2 Å². The number of rotatable bonds is 2. The molecule has 20 heavy (non-hydrogen) atoms. The van der Waals surface area contributed by atoms with Crippen molar-refractivity contribution in [2.45, 2.75) is 32.2 Å². The van der Waals surface area contributed by atoms with Crippen LogP contribution in [0.4, 0.5) is 0 Å². The molecule has 0 spiro atoms. The number of benzene rings is 1. The van der Waals surface area contributed by atoms with Crippen molar-refractivity contribution < 1.29 is 9.90 Å². The van der Waals surface area contributed by atoms with Crippen molar-refractivity contribution in [1.29, 1.82) is 0 Å². The van der Waals surface area contributed by atoms with Crippen LogP contribution < -0.4 is 0 Å². The zero-order chi connectivity index (χ0) is 14.7. The van der Waals surface area contributed by atoms with E-state index in [9.17, 15) is 9.90 Å². The number of likely N-dealkylation sites (tertiary alicyclic amines) is 1. The third kappa shape index (κ3) is 3.31. The minimum absolute atomic E-state index is 0.0799. The highest BCUT2D eigenvalue weighted by Crippen LogP contribution is 2.20. The van der Waals surface area contributed by atoms with E-state index in [2.05, 4.69) is 19.0 Å². The summed E-state index contributed by atoms with van der Waals surface area (Å²) in [6.07, 6.45) is 3.37. The summed E-state index contributed by atoms with van der Waals surface area (Å²) in [6.45, 7) is 3.48. The van der Waals surface area contributed by atoms with Crippen LogP contribution in [0.1, 0.15) is 35.2 Å². The second-order valence-electron chi connectivity index (χ2n) is 5.86. The van der Waals surface area contributed by atoms with Gasteiger partial charge in [-0.2, -0.15) is 0 Å². The van der Waals surface area contributed by atoms with Gasteiger partial charge in [-0.05, 0) is 57.6 Å². The highest BCUT2D eigenvalue weighted by Gasteiger charge is 2.24. The number of aromatic hydroxyl groups is 1. The van der Waals surface area contributed by atoms with Gasteiger partial charge in [0.05, 0.1) is 0 Å². The fourth-order valence-electron chi connectivity index (χ4n) is 2.78. The van der Waals surface area contributed by atoms with Gasteiger partial charge in [0.2, 0.25) is 0 Å². The van der Waals surface area contributed by atoms with Gasteiger partial charge in [-0.15, -0.1) is 0 Å². The molecule has 0 aliphatic carbocycles. The van der Waals surface area contributed by atoms with Crippen molar-refractivity contribution in [2.24, 2.45) is 0 Å². The molecule has 1 N–H and O–H groups in total. The zero-order valence-corrected chi connectivity index (χ0v) is 12.6. The third-order valence-electron chi connectivity index (χ3n) is 4.10. The molecular weight excluding hydrogens is 252 g/mol. The molecule has 0 aromatic heterocycles. The molecular formula is C16H24N2O2. The Morgan fingerprint density at radius 2 is 2.10 bits per heavy atom. The second kappa shape index (κ2) is 6.27. The molecule has 4 nitrogen and oxygen atoms in total. The Morgan fingerprint density at radius 3 is 2.75 bits per heavy atom. The van der Waals surface area contributed by atoms with Gasteiger partial charge in [-0.25, -0.2) is 0 Å². The lowest BCUT2D eigenvalue weighted by molar-refractivity contribution is 0.0725. The lowest BCUT2D eigenvalue weighted by atomic mass is 10.1. The van der Waals surface area contributed by atoms with Crippen LogP contribution in [-0.4, -0.2) is 54.0 Å². The number of phenolic OH excluding ortho intramolecular Hbond substituents is 1. The molecule has 1 aliphatic rings. The third-order valence-corrected chi connectivity index (χ3v) is 4.10. The molecule has 1 saturated heterocycles. The summed E-state index contributed by atoms with van der Waals surface area (Å²) < 4.78 is 0. The Bertz CT molecular complexity index is 485. The summed E-state index contributed by atoms with van der Waals surface area (Å²) in [5, 5.41) is 9.46. The van der Waals surface area contributed by atoms with Crippen molar-refractivity contribution in [3.8, 4) is 5.75 Å². The van der Waals surface area contributed by atoms with Crippen LogP contribution in [0.25, 0.3) is 0 Å². The fourth-order valence-corrected chi connectivity index (χ4v) is 2.78. The van der Waals surface area contributed by atoms with Gasteiger partial charge in [0.15, 0.2) is 0 Å². The van der Waals surface area contributed by atoms with E-state index in [0.29, 0.717) is 11.6 Å². The molecule has 110 valence electrons. The SMILES string of the molecule is Cc1cc(O)ccc1C(=O)N1CCCCC(N(C)C)C1. The topological polar surface area (TPSA) is 43.8 Å². The smallest absolute Gasteiger partial charge is 0.254 e. The van der Waals surface area contributed by atoms with Gasteiger partial charge in [0.25, 0.3) is 5.91 Å². The number of carbonyl (C=O) groups is 1. The van der Waals surface area contributed by atoms with Crippen LogP contribution in [0.15, 0.2) is 18.2 Å². The first-order valence-corrected chi connectivity index (χ1v) is 7.24. The highest BCUT2D eigenvalue weighted by atomic mass is 16.3. The maximum absolute atomic E-state index is 12.7. The molecule has 1 amide bonds. The van der Waals surface area contributed by atoms with Crippen LogP contribution in [0.2, 0.25) is 0 Å². The predicted molar refractivity (Wildman–Crippen MR) is 80.1 cm³/mol.